The lowest BCUT2D eigenvalue weighted by Gasteiger charge is -2.20. The average molecular weight is 323 g/mol. The van der Waals surface area contributed by atoms with Gasteiger partial charge in [0.2, 0.25) is 0 Å². The summed E-state index contributed by atoms with van der Waals surface area (Å²) in [5.74, 6) is -0.0855. The third-order valence-electron chi connectivity index (χ3n) is 3.14. The monoisotopic (exact) mass is 323 g/mol. The van der Waals surface area contributed by atoms with Crippen molar-refractivity contribution >= 4 is 11.9 Å². The number of carboxylic acids is 1. The molecule has 0 radical (unpaired) electrons. The number of carbonyl (C=O) groups excluding carboxylic acids is 1. The highest BCUT2D eigenvalue weighted by Crippen LogP contribution is 2.18. The summed E-state index contributed by atoms with van der Waals surface area (Å²) in [7, 11) is 0. The molecule has 1 amide bonds. The fraction of sp³-hybridized carbons (Fsp3) is 0.529. The number of hydrogen-bond donors (Lipinski definition) is 2. The Morgan fingerprint density at radius 1 is 1.13 bits per heavy atom. The third-order valence-corrected chi connectivity index (χ3v) is 3.14. The van der Waals surface area contributed by atoms with Gasteiger partial charge in [0.25, 0.3) is 5.91 Å². The second kappa shape index (κ2) is 9.02. The standard InChI is InChI=1S/C17H25NO5/c1-5-22-13-6-8-14(9-7-13)23-12(4)16(19)18-15(17(20)21)10-11(2)3/h6-9,11-12,15H,5,10H2,1-4H3,(H,18,19)(H,20,21). The number of aliphatic carboxylic acids is 1. The van der Waals surface area contributed by atoms with E-state index >= 15 is 0 Å². The van der Waals surface area contributed by atoms with E-state index in [0.29, 0.717) is 18.8 Å². The molecule has 2 N–H and O–H groups in total. The van der Waals surface area contributed by atoms with E-state index in [-0.39, 0.29) is 5.92 Å². The SMILES string of the molecule is CCOc1ccc(OC(C)C(=O)NC(CC(C)C)C(=O)O)cc1. The minimum absolute atomic E-state index is 0.165. The van der Waals surface area contributed by atoms with Gasteiger partial charge >= 0.3 is 5.97 Å². The summed E-state index contributed by atoms with van der Waals surface area (Å²) >= 11 is 0. The van der Waals surface area contributed by atoms with Gasteiger partial charge in [-0.2, -0.15) is 0 Å². The summed E-state index contributed by atoms with van der Waals surface area (Å²) in [5.41, 5.74) is 0. The lowest BCUT2D eigenvalue weighted by atomic mass is 10.0. The smallest absolute Gasteiger partial charge is 0.326 e. The van der Waals surface area contributed by atoms with Crippen molar-refractivity contribution in [2.45, 2.75) is 46.3 Å². The zero-order chi connectivity index (χ0) is 17.4. The van der Waals surface area contributed by atoms with Crippen molar-refractivity contribution in [1.82, 2.24) is 5.32 Å². The molecule has 1 aromatic carbocycles. The van der Waals surface area contributed by atoms with E-state index in [9.17, 15) is 9.59 Å². The number of ether oxygens (including phenoxy) is 2. The third kappa shape index (κ3) is 6.59. The van der Waals surface area contributed by atoms with Crippen LogP contribution in [0, 0.1) is 5.92 Å². The summed E-state index contributed by atoms with van der Waals surface area (Å²) in [6.07, 6.45) is -0.418. The van der Waals surface area contributed by atoms with E-state index in [1.54, 1.807) is 31.2 Å². The topological polar surface area (TPSA) is 84.9 Å². The van der Waals surface area contributed by atoms with Gasteiger partial charge in [-0.25, -0.2) is 4.79 Å². The van der Waals surface area contributed by atoms with Crippen LogP contribution >= 0.6 is 0 Å². The molecule has 0 saturated carbocycles. The molecule has 0 aliphatic carbocycles. The quantitative estimate of drug-likeness (QED) is 0.729. The van der Waals surface area contributed by atoms with Crippen LogP contribution in [0.5, 0.6) is 11.5 Å². The molecule has 1 rings (SSSR count). The normalized spacial score (nSPS) is 13.3. The van der Waals surface area contributed by atoms with Gasteiger partial charge in [0, 0.05) is 0 Å². The summed E-state index contributed by atoms with van der Waals surface area (Å²) in [5, 5.41) is 11.7. The van der Waals surface area contributed by atoms with Crippen molar-refractivity contribution in [1.29, 1.82) is 0 Å². The molecule has 23 heavy (non-hydrogen) atoms. The van der Waals surface area contributed by atoms with E-state index in [4.69, 9.17) is 14.6 Å². The van der Waals surface area contributed by atoms with Crippen LogP contribution in [0.25, 0.3) is 0 Å². The number of rotatable bonds is 9. The Morgan fingerprint density at radius 3 is 2.17 bits per heavy atom. The molecule has 0 aromatic heterocycles. The van der Waals surface area contributed by atoms with Gasteiger partial charge in [0.1, 0.15) is 17.5 Å². The van der Waals surface area contributed by atoms with Crippen molar-refractivity contribution in [3.05, 3.63) is 24.3 Å². The maximum atomic E-state index is 12.1. The van der Waals surface area contributed by atoms with Crippen molar-refractivity contribution < 1.29 is 24.2 Å². The van der Waals surface area contributed by atoms with E-state index in [1.165, 1.54) is 0 Å². The maximum Gasteiger partial charge on any atom is 0.326 e. The van der Waals surface area contributed by atoms with Gasteiger partial charge in [0.15, 0.2) is 6.10 Å². The Bertz CT molecular complexity index is 512. The van der Waals surface area contributed by atoms with E-state index in [0.717, 1.165) is 5.75 Å². The number of nitrogens with one attached hydrogen (secondary N) is 1. The van der Waals surface area contributed by atoms with Gasteiger partial charge in [0.05, 0.1) is 6.61 Å². The summed E-state index contributed by atoms with van der Waals surface area (Å²) in [4.78, 5) is 23.3. The van der Waals surface area contributed by atoms with Crippen LogP contribution in [-0.2, 0) is 9.59 Å². The first-order valence-electron chi connectivity index (χ1n) is 7.76. The minimum atomic E-state index is -1.04. The van der Waals surface area contributed by atoms with Crippen molar-refractivity contribution in [2.24, 2.45) is 5.92 Å². The van der Waals surface area contributed by atoms with Gasteiger partial charge in [-0.3, -0.25) is 4.79 Å². The van der Waals surface area contributed by atoms with Crippen LogP contribution in [0.1, 0.15) is 34.1 Å². The van der Waals surface area contributed by atoms with Gasteiger partial charge in [-0.05, 0) is 50.5 Å². The van der Waals surface area contributed by atoms with Crippen LogP contribution in [0.15, 0.2) is 24.3 Å². The van der Waals surface area contributed by atoms with Crippen LogP contribution in [-0.4, -0.2) is 35.7 Å². The number of amides is 1. The van der Waals surface area contributed by atoms with Gasteiger partial charge in [-0.15, -0.1) is 0 Å². The average Bonchev–Trinajstić information content (AvgIpc) is 2.48. The van der Waals surface area contributed by atoms with Crippen molar-refractivity contribution in [3.63, 3.8) is 0 Å². The number of carboxylic acid groups (broad SMARTS) is 1. The molecule has 2 unspecified atom stereocenters. The molecule has 128 valence electrons. The van der Waals surface area contributed by atoms with E-state index in [2.05, 4.69) is 5.32 Å². The molecule has 1 aromatic rings. The van der Waals surface area contributed by atoms with Crippen LogP contribution in [0.3, 0.4) is 0 Å². The predicted octanol–water partition coefficient (Wildman–Crippen LogP) is 2.47. The zero-order valence-electron chi connectivity index (χ0n) is 14.0. The Labute approximate surface area is 136 Å². The first-order valence-corrected chi connectivity index (χ1v) is 7.76. The lowest BCUT2D eigenvalue weighted by molar-refractivity contribution is -0.143. The first-order chi connectivity index (χ1) is 10.8. The Balaban J connectivity index is 2.60. The Hall–Kier alpha value is -2.24. The van der Waals surface area contributed by atoms with E-state index < -0.39 is 24.0 Å². The lowest BCUT2D eigenvalue weighted by Crippen LogP contribution is -2.46. The van der Waals surface area contributed by atoms with Crippen LogP contribution in [0.2, 0.25) is 0 Å². The first kappa shape index (κ1) is 18.8. The Morgan fingerprint density at radius 2 is 1.70 bits per heavy atom. The molecule has 6 nitrogen and oxygen atoms in total. The minimum Gasteiger partial charge on any atom is -0.494 e. The summed E-state index contributed by atoms with van der Waals surface area (Å²) in [6.45, 7) is 7.86. The van der Waals surface area contributed by atoms with Gasteiger partial charge in [-0.1, -0.05) is 13.8 Å². The molecule has 0 heterocycles. The fourth-order valence-corrected chi connectivity index (χ4v) is 2.02. The van der Waals surface area contributed by atoms with Crippen LogP contribution in [0.4, 0.5) is 0 Å². The molecule has 2 atom stereocenters. The highest BCUT2D eigenvalue weighted by molar-refractivity contribution is 5.86. The highest BCUT2D eigenvalue weighted by Gasteiger charge is 2.24. The van der Waals surface area contributed by atoms with Crippen molar-refractivity contribution in [2.75, 3.05) is 6.61 Å². The molecular formula is C17H25NO5. The maximum absolute atomic E-state index is 12.1. The van der Waals surface area contributed by atoms with Crippen LogP contribution < -0.4 is 14.8 Å². The predicted molar refractivity (Wildman–Crippen MR) is 86.7 cm³/mol. The largest absolute Gasteiger partial charge is 0.494 e. The summed E-state index contributed by atoms with van der Waals surface area (Å²) in [6, 6.07) is 6.01. The molecule has 0 saturated heterocycles. The fourth-order valence-electron chi connectivity index (χ4n) is 2.02. The second-order valence-corrected chi connectivity index (χ2v) is 5.69. The highest BCUT2D eigenvalue weighted by atomic mass is 16.5. The summed E-state index contributed by atoms with van der Waals surface area (Å²) < 4.78 is 10.9. The number of benzene rings is 1. The molecule has 0 aliphatic rings. The second-order valence-electron chi connectivity index (χ2n) is 5.69. The molecule has 0 fully saturated rings. The molecule has 0 bridgehead atoms. The molecular weight excluding hydrogens is 298 g/mol. The molecule has 6 heteroatoms. The number of carbonyl (C=O) groups is 2. The molecule has 0 spiro atoms. The molecule has 0 aliphatic heterocycles. The Kier molecular flexibility index (Phi) is 7.38. The number of hydrogen-bond acceptors (Lipinski definition) is 4. The zero-order valence-corrected chi connectivity index (χ0v) is 14.0. The van der Waals surface area contributed by atoms with Gasteiger partial charge < -0.3 is 19.9 Å². The van der Waals surface area contributed by atoms with E-state index in [1.807, 2.05) is 20.8 Å². The van der Waals surface area contributed by atoms with Crippen molar-refractivity contribution in [3.8, 4) is 11.5 Å².